The third-order valence-corrected chi connectivity index (χ3v) is 3.49. The summed E-state index contributed by atoms with van der Waals surface area (Å²) in [6.07, 6.45) is -0.361. The van der Waals surface area contributed by atoms with Crippen LogP contribution in [0.15, 0.2) is 30.3 Å². The highest BCUT2D eigenvalue weighted by molar-refractivity contribution is 7.36. The first-order chi connectivity index (χ1) is 8.75. The van der Waals surface area contributed by atoms with Crippen LogP contribution in [0.1, 0.15) is 0 Å². The van der Waals surface area contributed by atoms with Gasteiger partial charge in [-0.1, -0.05) is 22.8 Å². The Hall–Kier alpha value is -1.00. The molecule has 1 fully saturated rings. The van der Waals surface area contributed by atoms with E-state index in [9.17, 15) is 9.46 Å². The molecule has 0 spiro atoms. The van der Waals surface area contributed by atoms with Crippen molar-refractivity contribution in [1.29, 1.82) is 0 Å². The van der Waals surface area contributed by atoms with Crippen molar-refractivity contribution < 1.29 is 14.2 Å². The summed E-state index contributed by atoms with van der Waals surface area (Å²) in [5.74, 6) is 0.706. The summed E-state index contributed by atoms with van der Waals surface area (Å²) in [4.78, 5) is 13.0. The van der Waals surface area contributed by atoms with E-state index in [2.05, 4.69) is 10.2 Å². The molecule has 1 heterocycles. The molecule has 18 heavy (non-hydrogen) atoms. The minimum absolute atomic E-state index is 0.0320. The van der Waals surface area contributed by atoms with Crippen LogP contribution in [0.4, 0.5) is 0 Å². The second-order valence-corrected chi connectivity index (χ2v) is 5.22. The van der Waals surface area contributed by atoms with Crippen LogP contribution in [0, 0.1) is 0 Å². The third-order valence-electron chi connectivity index (χ3n) is 2.88. The van der Waals surface area contributed by atoms with Gasteiger partial charge in [0.25, 0.3) is 0 Å². The molecule has 0 saturated carbocycles. The van der Waals surface area contributed by atoms with Crippen molar-refractivity contribution in [3.63, 3.8) is 0 Å². The van der Waals surface area contributed by atoms with Crippen LogP contribution in [0.5, 0.6) is 5.75 Å². The molecule has 0 bridgehead atoms. The fraction of sp³-hybridized carbons (Fsp3) is 0.500. The zero-order chi connectivity index (χ0) is 12.8. The highest BCUT2D eigenvalue weighted by Crippen LogP contribution is 2.19. The van der Waals surface area contributed by atoms with Crippen LogP contribution < -0.4 is 14.9 Å². The van der Waals surface area contributed by atoms with Crippen LogP contribution in [0.3, 0.4) is 0 Å². The first-order valence-electron chi connectivity index (χ1n) is 6.04. The van der Waals surface area contributed by atoms with Crippen molar-refractivity contribution in [2.75, 3.05) is 32.3 Å². The Labute approximate surface area is 108 Å². The smallest absolute Gasteiger partial charge is 0.314 e. The molecule has 1 aromatic rings. The molecule has 5 nitrogen and oxygen atoms in total. The maximum Gasteiger partial charge on any atom is 0.314 e. The average molecular weight is 268 g/mol. The van der Waals surface area contributed by atoms with E-state index in [4.69, 9.17) is 4.74 Å². The number of ether oxygens (including phenoxy) is 1. The Morgan fingerprint density at radius 2 is 2.00 bits per heavy atom. The standard InChI is InChI=1S/C12H17N2O3P/c15-18(16)10-12(14-8-6-13-7-9-14)17-11-4-2-1-3-5-11/h1-5,12-13H,6-10H2. The van der Waals surface area contributed by atoms with E-state index in [0.29, 0.717) is 5.75 Å². The normalized spacial score (nSPS) is 19.3. The van der Waals surface area contributed by atoms with Gasteiger partial charge in [-0.15, -0.1) is 0 Å². The molecule has 98 valence electrons. The summed E-state index contributed by atoms with van der Waals surface area (Å²) >= 11 is 0. The lowest BCUT2D eigenvalue weighted by Gasteiger charge is -2.32. The lowest BCUT2D eigenvalue weighted by atomic mass is 10.3. The van der Waals surface area contributed by atoms with Gasteiger partial charge in [0.2, 0.25) is 0 Å². The second kappa shape index (κ2) is 6.81. The van der Waals surface area contributed by atoms with Crippen LogP contribution in [-0.2, 0) is 4.57 Å². The van der Waals surface area contributed by atoms with Crippen LogP contribution >= 0.6 is 8.03 Å². The van der Waals surface area contributed by atoms with Crippen LogP contribution in [0.2, 0.25) is 0 Å². The number of nitrogens with one attached hydrogen (secondary N) is 1. The van der Waals surface area contributed by atoms with E-state index in [-0.39, 0.29) is 6.16 Å². The van der Waals surface area contributed by atoms with Gasteiger partial charge in [-0.3, -0.25) is 4.90 Å². The van der Waals surface area contributed by atoms with Gasteiger partial charge in [0.15, 0.2) is 12.4 Å². The Bertz CT molecular complexity index is 382. The van der Waals surface area contributed by atoms with Crippen molar-refractivity contribution in [2.45, 2.75) is 6.23 Å². The average Bonchev–Trinajstić information content (AvgIpc) is 2.40. The van der Waals surface area contributed by atoms with Gasteiger partial charge in [-0.05, 0) is 12.1 Å². The quantitative estimate of drug-likeness (QED) is 0.783. The first-order valence-corrected chi connectivity index (χ1v) is 7.40. The van der Waals surface area contributed by atoms with E-state index < -0.39 is 14.3 Å². The molecule has 0 radical (unpaired) electrons. The topological polar surface area (TPSA) is 64.6 Å². The summed E-state index contributed by atoms with van der Waals surface area (Å²) in [6.45, 7) is 3.34. The van der Waals surface area contributed by atoms with Gasteiger partial charge in [-0.25, -0.2) is 0 Å². The van der Waals surface area contributed by atoms with Gasteiger partial charge in [0.05, 0.1) is 0 Å². The number of piperazine rings is 1. The van der Waals surface area contributed by atoms with E-state index in [1.165, 1.54) is 0 Å². The molecule has 6 heteroatoms. The molecule has 1 aliphatic heterocycles. The van der Waals surface area contributed by atoms with Crippen LogP contribution in [0.25, 0.3) is 0 Å². The Morgan fingerprint density at radius 1 is 1.33 bits per heavy atom. The first kappa shape index (κ1) is 13.4. The highest BCUT2D eigenvalue weighted by Gasteiger charge is 2.26. The molecule has 2 unspecified atom stereocenters. The lowest BCUT2D eigenvalue weighted by Crippen LogP contribution is -2.51. The number of hydrogen-bond acceptors (Lipinski definition) is 5. The Kier molecular flexibility index (Phi) is 5.08. The fourth-order valence-corrected chi connectivity index (χ4v) is 2.54. The monoisotopic (exact) mass is 268 g/mol. The summed E-state index contributed by atoms with van der Waals surface area (Å²) in [5.41, 5.74) is 0. The second-order valence-electron chi connectivity index (χ2n) is 4.19. The number of para-hydroxylation sites is 1. The van der Waals surface area contributed by atoms with Gasteiger partial charge in [-0.2, -0.15) is 0 Å². The summed E-state index contributed by atoms with van der Waals surface area (Å²) in [6, 6.07) is 9.34. The lowest BCUT2D eigenvalue weighted by molar-refractivity contribution is -0.166. The molecule has 1 aliphatic rings. The van der Waals surface area contributed by atoms with Gasteiger partial charge in [0.1, 0.15) is 5.75 Å². The van der Waals surface area contributed by atoms with Crippen molar-refractivity contribution >= 4 is 8.03 Å². The molecular weight excluding hydrogens is 251 g/mol. The van der Waals surface area contributed by atoms with Gasteiger partial charge in [0, 0.05) is 26.2 Å². The molecule has 0 aliphatic carbocycles. The molecular formula is C12H17N2O3P. The number of nitrogens with zero attached hydrogens (tertiary/aromatic N) is 1. The Balaban J connectivity index is 2.02. The SMILES string of the molecule is O=[P+]([O-])CC(Oc1ccccc1)N1CCNCC1. The maximum absolute atomic E-state index is 11.0. The molecule has 0 amide bonds. The van der Waals surface area contributed by atoms with E-state index in [0.717, 1.165) is 26.2 Å². The number of rotatable bonds is 5. The van der Waals surface area contributed by atoms with Crippen LogP contribution in [-0.4, -0.2) is 43.5 Å². The minimum atomic E-state index is -2.45. The van der Waals surface area contributed by atoms with Crippen molar-refractivity contribution in [2.24, 2.45) is 0 Å². The van der Waals surface area contributed by atoms with Gasteiger partial charge >= 0.3 is 8.03 Å². The largest absolute Gasteiger partial charge is 0.595 e. The summed E-state index contributed by atoms with van der Waals surface area (Å²) in [5, 5.41) is 3.24. The molecule has 1 saturated heterocycles. The molecule has 1 aromatic carbocycles. The number of benzene rings is 1. The molecule has 2 atom stereocenters. The maximum atomic E-state index is 11.0. The van der Waals surface area contributed by atoms with Crippen molar-refractivity contribution in [3.05, 3.63) is 30.3 Å². The van der Waals surface area contributed by atoms with Crippen molar-refractivity contribution in [3.8, 4) is 5.75 Å². The Morgan fingerprint density at radius 3 is 2.61 bits per heavy atom. The highest BCUT2D eigenvalue weighted by atomic mass is 31.1. The van der Waals surface area contributed by atoms with E-state index in [1.54, 1.807) is 0 Å². The molecule has 2 rings (SSSR count). The summed E-state index contributed by atoms with van der Waals surface area (Å²) in [7, 11) is -2.45. The minimum Gasteiger partial charge on any atom is -0.595 e. The van der Waals surface area contributed by atoms with E-state index >= 15 is 0 Å². The zero-order valence-electron chi connectivity index (χ0n) is 10.1. The number of hydrogen-bond donors (Lipinski definition) is 1. The molecule has 0 aromatic heterocycles. The van der Waals surface area contributed by atoms with E-state index in [1.807, 2.05) is 30.3 Å². The fourth-order valence-electron chi connectivity index (χ4n) is 1.98. The predicted molar refractivity (Wildman–Crippen MR) is 67.8 cm³/mol. The summed E-state index contributed by atoms with van der Waals surface area (Å²) < 4.78 is 16.7. The molecule has 1 N–H and O–H groups in total. The predicted octanol–water partition coefficient (Wildman–Crippen LogP) is 0.399. The van der Waals surface area contributed by atoms with Gasteiger partial charge < -0.3 is 14.9 Å². The zero-order valence-corrected chi connectivity index (χ0v) is 11.0. The third kappa shape index (κ3) is 4.03. The van der Waals surface area contributed by atoms with Crippen molar-refractivity contribution in [1.82, 2.24) is 10.2 Å².